The maximum atomic E-state index is 11.3. The Balaban J connectivity index is 2.71. The molecule has 0 saturated carbocycles. The van der Waals surface area contributed by atoms with E-state index in [2.05, 4.69) is 60.7 Å². The minimum absolute atomic E-state index is 0.0373. The molecule has 6 heteroatoms. The number of hydrogen-bond acceptors (Lipinski definition) is 3. The first-order valence-corrected chi connectivity index (χ1v) is 11.5. The molecule has 0 saturated heterocycles. The number of aliphatic imine (C=N–C) groups is 1. The van der Waals surface area contributed by atoms with Gasteiger partial charge in [-0.25, -0.2) is 13.4 Å². The van der Waals surface area contributed by atoms with E-state index in [1.165, 1.54) is 11.8 Å². The SMILES string of the molecule is CCNC(=NCc1ccc(C(C)(C)CC)cc1)NC(C)CCS(C)(=O)=O. The standard InChI is InChI=1S/C20H35N3O2S/c1-7-20(4,5)18-11-9-17(10-12-18)15-22-19(21-8-2)23-16(3)13-14-26(6,24)25/h9-12,16H,7-8,13-15H2,1-6H3,(H2,21,22,23). The number of rotatable bonds is 9. The molecule has 1 aromatic carbocycles. The summed E-state index contributed by atoms with van der Waals surface area (Å²) < 4.78 is 22.6. The zero-order valence-corrected chi connectivity index (χ0v) is 17.9. The predicted molar refractivity (Wildman–Crippen MR) is 112 cm³/mol. The van der Waals surface area contributed by atoms with Gasteiger partial charge in [0.05, 0.1) is 12.3 Å². The average molecular weight is 382 g/mol. The molecule has 0 aliphatic heterocycles. The number of sulfone groups is 1. The van der Waals surface area contributed by atoms with Gasteiger partial charge in [-0.3, -0.25) is 0 Å². The third kappa shape index (κ3) is 8.21. The van der Waals surface area contributed by atoms with Crippen molar-refractivity contribution in [3.05, 3.63) is 35.4 Å². The van der Waals surface area contributed by atoms with Crippen molar-refractivity contribution in [1.29, 1.82) is 0 Å². The molecule has 1 rings (SSSR count). The van der Waals surface area contributed by atoms with Gasteiger partial charge in [-0.2, -0.15) is 0 Å². The fourth-order valence-electron chi connectivity index (χ4n) is 2.45. The second-order valence-corrected chi connectivity index (χ2v) is 9.85. The van der Waals surface area contributed by atoms with Gasteiger partial charge in [0.1, 0.15) is 9.84 Å². The summed E-state index contributed by atoms with van der Waals surface area (Å²) in [7, 11) is -2.94. The predicted octanol–water partition coefficient (Wildman–Crippen LogP) is 3.25. The van der Waals surface area contributed by atoms with Gasteiger partial charge in [0.15, 0.2) is 5.96 Å². The van der Waals surface area contributed by atoms with Gasteiger partial charge in [-0.1, -0.05) is 45.0 Å². The smallest absolute Gasteiger partial charge is 0.191 e. The van der Waals surface area contributed by atoms with Crippen LogP contribution in [0.5, 0.6) is 0 Å². The van der Waals surface area contributed by atoms with Gasteiger partial charge in [0.2, 0.25) is 0 Å². The molecule has 2 N–H and O–H groups in total. The highest BCUT2D eigenvalue weighted by molar-refractivity contribution is 7.90. The summed E-state index contributed by atoms with van der Waals surface area (Å²) in [5.74, 6) is 0.890. The molecule has 0 spiro atoms. The Labute approximate surface area is 159 Å². The van der Waals surface area contributed by atoms with E-state index < -0.39 is 9.84 Å². The van der Waals surface area contributed by atoms with Gasteiger partial charge in [-0.15, -0.1) is 0 Å². The number of hydrogen-bond donors (Lipinski definition) is 2. The minimum atomic E-state index is -2.94. The van der Waals surface area contributed by atoms with Crippen LogP contribution in [0.15, 0.2) is 29.3 Å². The fourth-order valence-corrected chi connectivity index (χ4v) is 3.23. The summed E-state index contributed by atoms with van der Waals surface area (Å²) in [6.07, 6.45) is 2.93. The zero-order chi connectivity index (χ0) is 19.8. The van der Waals surface area contributed by atoms with Crippen LogP contribution in [0.3, 0.4) is 0 Å². The van der Waals surface area contributed by atoms with Crippen molar-refractivity contribution >= 4 is 15.8 Å². The lowest BCUT2D eigenvalue weighted by atomic mass is 9.82. The molecular weight excluding hydrogens is 346 g/mol. The van der Waals surface area contributed by atoms with Crippen molar-refractivity contribution in [2.24, 2.45) is 4.99 Å². The first-order valence-electron chi connectivity index (χ1n) is 9.39. The molecule has 5 nitrogen and oxygen atoms in total. The van der Waals surface area contributed by atoms with Crippen molar-refractivity contribution in [3.63, 3.8) is 0 Å². The van der Waals surface area contributed by atoms with Crippen LogP contribution < -0.4 is 10.6 Å². The van der Waals surface area contributed by atoms with Crippen molar-refractivity contribution in [1.82, 2.24) is 10.6 Å². The fraction of sp³-hybridized carbons (Fsp3) is 0.650. The van der Waals surface area contributed by atoms with Gasteiger partial charge in [0.25, 0.3) is 0 Å². The summed E-state index contributed by atoms with van der Waals surface area (Å²) in [5, 5.41) is 6.50. The van der Waals surface area contributed by atoms with E-state index in [9.17, 15) is 8.42 Å². The normalized spacial score (nSPS) is 14.2. The lowest BCUT2D eigenvalue weighted by molar-refractivity contribution is 0.506. The molecule has 1 aromatic rings. The van der Waals surface area contributed by atoms with Crippen molar-refractivity contribution in [2.75, 3.05) is 18.6 Å². The second-order valence-electron chi connectivity index (χ2n) is 7.59. The van der Waals surface area contributed by atoms with Crippen molar-refractivity contribution < 1.29 is 8.42 Å². The molecule has 0 heterocycles. The lowest BCUT2D eigenvalue weighted by Crippen LogP contribution is -2.42. The molecule has 0 radical (unpaired) electrons. The molecule has 0 amide bonds. The van der Waals surface area contributed by atoms with Crippen molar-refractivity contribution in [3.8, 4) is 0 Å². The Kier molecular flexibility index (Phi) is 8.60. The molecule has 0 bridgehead atoms. The number of benzene rings is 1. The molecule has 0 fully saturated rings. The summed E-state index contributed by atoms with van der Waals surface area (Å²) in [6.45, 7) is 12.0. The summed E-state index contributed by atoms with van der Waals surface area (Å²) >= 11 is 0. The maximum Gasteiger partial charge on any atom is 0.191 e. The molecule has 1 unspecified atom stereocenters. The number of nitrogens with one attached hydrogen (secondary N) is 2. The molecule has 26 heavy (non-hydrogen) atoms. The third-order valence-corrected chi connectivity index (χ3v) is 5.67. The van der Waals surface area contributed by atoms with E-state index in [0.717, 1.165) is 18.5 Å². The molecular formula is C20H35N3O2S. The molecule has 148 valence electrons. The van der Waals surface area contributed by atoms with Crippen LogP contribution in [-0.4, -0.2) is 39.0 Å². The minimum Gasteiger partial charge on any atom is -0.357 e. The van der Waals surface area contributed by atoms with Crippen LogP contribution in [0.1, 0.15) is 58.6 Å². The van der Waals surface area contributed by atoms with E-state index in [4.69, 9.17) is 0 Å². The van der Waals surface area contributed by atoms with E-state index >= 15 is 0 Å². The second kappa shape index (κ2) is 9.95. The van der Waals surface area contributed by atoms with Gasteiger partial charge < -0.3 is 10.6 Å². The van der Waals surface area contributed by atoms with Gasteiger partial charge in [0, 0.05) is 18.8 Å². The lowest BCUT2D eigenvalue weighted by Gasteiger charge is -2.23. The Morgan fingerprint density at radius 3 is 2.31 bits per heavy atom. The maximum absolute atomic E-state index is 11.3. The number of nitrogens with zero attached hydrogens (tertiary/aromatic N) is 1. The quantitative estimate of drug-likeness (QED) is 0.509. The summed E-state index contributed by atoms with van der Waals surface area (Å²) in [6, 6.07) is 8.67. The van der Waals surface area contributed by atoms with E-state index in [1.807, 2.05) is 13.8 Å². The topological polar surface area (TPSA) is 70.6 Å². The van der Waals surface area contributed by atoms with Crippen LogP contribution in [0, 0.1) is 0 Å². The third-order valence-electron chi connectivity index (χ3n) is 4.69. The number of guanidine groups is 1. The summed E-state index contributed by atoms with van der Waals surface area (Å²) in [4.78, 5) is 4.63. The Morgan fingerprint density at radius 1 is 1.19 bits per heavy atom. The van der Waals surface area contributed by atoms with Crippen LogP contribution in [0.4, 0.5) is 0 Å². The zero-order valence-electron chi connectivity index (χ0n) is 17.1. The van der Waals surface area contributed by atoms with E-state index in [-0.39, 0.29) is 17.2 Å². The molecule has 0 aliphatic carbocycles. The Hall–Kier alpha value is -1.56. The van der Waals surface area contributed by atoms with Gasteiger partial charge >= 0.3 is 0 Å². The van der Waals surface area contributed by atoms with E-state index in [1.54, 1.807) is 0 Å². The van der Waals surface area contributed by atoms with Crippen LogP contribution >= 0.6 is 0 Å². The van der Waals surface area contributed by atoms with Crippen LogP contribution in [0.2, 0.25) is 0 Å². The molecule has 0 aromatic heterocycles. The average Bonchev–Trinajstić information content (AvgIpc) is 2.58. The Morgan fingerprint density at radius 2 is 1.81 bits per heavy atom. The largest absolute Gasteiger partial charge is 0.357 e. The van der Waals surface area contributed by atoms with Crippen LogP contribution in [0.25, 0.3) is 0 Å². The molecule has 1 atom stereocenters. The first kappa shape index (κ1) is 22.5. The monoisotopic (exact) mass is 381 g/mol. The Bertz CT molecular complexity index is 680. The molecule has 0 aliphatic rings. The first-order chi connectivity index (χ1) is 12.1. The van der Waals surface area contributed by atoms with Gasteiger partial charge in [-0.05, 0) is 43.2 Å². The highest BCUT2D eigenvalue weighted by Crippen LogP contribution is 2.26. The van der Waals surface area contributed by atoms with E-state index in [0.29, 0.717) is 18.9 Å². The highest BCUT2D eigenvalue weighted by Gasteiger charge is 2.17. The highest BCUT2D eigenvalue weighted by atomic mass is 32.2. The van der Waals surface area contributed by atoms with Crippen LogP contribution in [-0.2, 0) is 21.8 Å². The summed E-state index contributed by atoms with van der Waals surface area (Å²) in [5.41, 5.74) is 2.68. The van der Waals surface area contributed by atoms with Crippen molar-refractivity contribution in [2.45, 2.75) is 65.5 Å².